The molecule has 0 aliphatic carbocycles. The molecule has 0 atom stereocenters. The number of aryl methyl sites for hydroxylation is 1. The second kappa shape index (κ2) is 7.74. The van der Waals surface area contributed by atoms with E-state index in [1.54, 1.807) is 51.5 Å². The van der Waals surface area contributed by atoms with Crippen LogP contribution < -0.4 is 10.1 Å². The minimum absolute atomic E-state index is 0.242. The van der Waals surface area contributed by atoms with Gasteiger partial charge in [0.05, 0.1) is 13.7 Å². The first-order chi connectivity index (χ1) is 11.0. The van der Waals surface area contributed by atoms with Crippen molar-refractivity contribution in [3.63, 3.8) is 0 Å². The second-order valence-electron chi connectivity index (χ2n) is 5.23. The Hall–Kier alpha value is -2.40. The second-order valence-corrected chi connectivity index (χ2v) is 5.23. The van der Waals surface area contributed by atoms with Crippen LogP contribution in [-0.2, 0) is 17.9 Å². The van der Waals surface area contributed by atoms with Crippen molar-refractivity contribution in [2.45, 2.75) is 20.1 Å². The summed E-state index contributed by atoms with van der Waals surface area (Å²) in [4.78, 5) is 12.2. The van der Waals surface area contributed by atoms with Crippen molar-refractivity contribution in [3.05, 3.63) is 64.5 Å². The maximum Gasteiger partial charge on any atom is 0.251 e. The van der Waals surface area contributed by atoms with Gasteiger partial charge in [0.25, 0.3) is 5.91 Å². The summed E-state index contributed by atoms with van der Waals surface area (Å²) in [5, 5.41) is 2.77. The van der Waals surface area contributed by atoms with E-state index >= 15 is 0 Å². The molecule has 23 heavy (non-hydrogen) atoms. The minimum atomic E-state index is -0.276. The van der Waals surface area contributed by atoms with Crippen LogP contribution in [0.2, 0.25) is 0 Å². The quantitative estimate of drug-likeness (QED) is 0.890. The summed E-state index contributed by atoms with van der Waals surface area (Å²) in [6.07, 6.45) is 0. The van der Waals surface area contributed by atoms with Crippen molar-refractivity contribution in [1.82, 2.24) is 5.32 Å². The number of amides is 1. The average Bonchev–Trinajstić information content (AvgIpc) is 2.56. The summed E-state index contributed by atoms with van der Waals surface area (Å²) in [6.45, 7) is 2.37. The third kappa shape index (κ3) is 4.29. The normalized spacial score (nSPS) is 10.4. The van der Waals surface area contributed by atoms with E-state index in [1.165, 1.54) is 6.07 Å². The van der Waals surface area contributed by atoms with Crippen LogP contribution in [0, 0.1) is 12.7 Å². The van der Waals surface area contributed by atoms with E-state index in [0.717, 1.165) is 5.56 Å². The molecule has 1 amide bonds. The first-order valence-electron chi connectivity index (χ1n) is 7.24. The van der Waals surface area contributed by atoms with Crippen LogP contribution in [0.5, 0.6) is 5.75 Å². The number of rotatable bonds is 6. The Labute approximate surface area is 135 Å². The van der Waals surface area contributed by atoms with Crippen LogP contribution in [0.4, 0.5) is 4.39 Å². The SMILES string of the molecule is COCc1ccc(C(=O)NCc2ccc(C)c(F)c2)cc1OC. The Balaban J connectivity index is 2.06. The molecule has 2 aromatic carbocycles. The monoisotopic (exact) mass is 317 g/mol. The zero-order valence-corrected chi connectivity index (χ0v) is 13.5. The van der Waals surface area contributed by atoms with Crippen molar-refractivity contribution in [2.75, 3.05) is 14.2 Å². The van der Waals surface area contributed by atoms with Crippen molar-refractivity contribution in [3.8, 4) is 5.75 Å². The van der Waals surface area contributed by atoms with Gasteiger partial charge in [0, 0.05) is 24.8 Å². The van der Waals surface area contributed by atoms with Gasteiger partial charge in [0.15, 0.2) is 0 Å². The number of nitrogens with one attached hydrogen (secondary N) is 1. The zero-order valence-electron chi connectivity index (χ0n) is 13.5. The van der Waals surface area contributed by atoms with Gasteiger partial charge in [-0.1, -0.05) is 18.2 Å². The molecule has 122 valence electrons. The molecule has 2 rings (SSSR count). The molecule has 0 bridgehead atoms. The number of carbonyl (C=O) groups is 1. The lowest BCUT2D eigenvalue weighted by Gasteiger charge is -2.11. The molecule has 2 aromatic rings. The van der Waals surface area contributed by atoms with Crippen LogP contribution in [0.3, 0.4) is 0 Å². The van der Waals surface area contributed by atoms with Crippen LogP contribution in [0.15, 0.2) is 36.4 Å². The average molecular weight is 317 g/mol. The van der Waals surface area contributed by atoms with Crippen LogP contribution in [0.1, 0.15) is 27.0 Å². The van der Waals surface area contributed by atoms with Gasteiger partial charge in [-0.25, -0.2) is 4.39 Å². The van der Waals surface area contributed by atoms with Gasteiger partial charge in [0.2, 0.25) is 0 Å². The number of hydrogen-bond acceptors (Lipinski definition) is 3. The molecule has 0 saturated heterocycles. The standard InChI is InChI=1S/C18H20FNO3/c1-12-4-5-13(8-16(12)19)10-20-18(21)14-6-7-15(11-22-2)17(9-14)23-3/h4-9H,10-11H2,1-3H3,(H,20,21). The van der Waals surface area contributed by atoms with E-state index in [2.05, 4.69) is 5.32 Å². The topological polar surface area (TPSA) is 47.6 Å². The van der Waals surface area contributed by atoms with Crippen molar-refractivity contribution >= 4 is 5.91 Å². The van der Waals surface area contributed by atoms with E-state index in [0.29, 0.717) is 29.0 Å². The fourth-order valence-electron chi connectivity index (χ4n) is 2.19. The number of carbonyl (C=O) groups excluding carboxylic acids is 1. The fraction of sp³-hybridized carbons (Fsp3) is 0.278. The molecule has 0 radical (unpaired) electrons. The van der Waals surface area contributed by atoms with E-state index in [1.807, 2.05) is 0 Å². The Morgan fingerprint density at radius 2 is 1.96 bits per heavy atom. The van der Waals surface area contributed by atoms with Gasteiger partial charge in [-0.3, -0.25) is 4.79 Å². The van der Waals surface area contributed by atoms with Gasteiger partial charge >= 0.3 is 0 Å². The number of halogens is 1. The molecule has 0 aliphatic heterocycles. The molecule has 0 spiro atoms. The fourth-order valence-corrected chi connectivity index (χ4v) is 2.19. The van der Waals surface area contributed by atoms with Crippen LogP contribution >= 0.6 is 0 Å². The molecule has 0 heterocycles. The maximum absolute atomic E-state index is 13.5. The van der Waals surface area contributed by atoms with Gasteiger partial charge in [-0.15, -0.1) is 0 Å². The smallest absolute Gasteiger partial charge is 0.251 e. The highest BCUT2D eigenvalue weighted by Gasteiger charge is 2.10. The summed E-state index contributed by atoms with van der Waals surface area (Å²) >= 11 is 0. The van der Waals surface area contributed by atoms with Crippen molar-refractivity contribution < 1.29 is 18.7 Å². The lowest BCUT2D eigenvalue weighted by Crippen LogP contribution is -2.23. The molecule has 0 aromatic heterocycles. The van der Waals surface area contributed by atoms with Gasteiger partial charge in [-0.2, -0.15) is 0 Å². The summed E-state index contributed by atoms with van der Waals surface area (Å²) in [6, 6.07) is 10.1. The Bertz CT molecular complexity index is 701. The van der Waals surface area contributed by atoms with Gasteiger partial charge in [0.1, 0.15) is 11.6 Å². The molecule has 0 aliphatic rings. The van der Waals surface area contributed by atoms with Gasteiger partial charge in [-0.05, 0) is 36.2 Å². The lowest BCUT2D eigenvalue weighted by atomic mass is 10.1. The molecule has 0 fully saturated rings. The molecule has 1 N–H and O–H groups in total. The molecular formula is C18H20FNO3. The first kappa shape index (κ1) is 17.0. The van der Waals surface area contributed by atoms with E-state index in [4.69, 9.17) is 9.47 Å². The molecule has 5 heteroatoms. The van der Waals surface area contributed by atoms with E-state index < -0.39 is 0 Å². The summed E-state index contributed by atoms with van der Waals surface area (Å²) in [5.74, 6) is 0.0801. The summed E-state index contributed by atoms with van der Waals surface area (Å²) in [7, 11) is 3.14. The molecule has 0 saturated carbocycles. The number of ether oxygens (including phenoxy) is 2. The number of benzene rings is 2. The Kier molecular flexibility index (Phi) is 5.71. The van der Waals surface area contributed by atoms with Crippen molar-refractivity contribution in [2.24, 2.45) is 0 Å². The predicted molar refractivity (Wildman–Crippen MR) is 86.0 cm³/mol. The third-order valence-corrected chi connectivity index (χ3v) is 3.54. The number of methoxy groups -OCH3 is 2. The largest absolute Gasteiger partial charge is 0.496 e. The molecule has 4 nitrogen and oxygen atoms in total. The van der Waals surface area contributed by atoms with Crippen LogP contribution in [0.25, 0.3) is 0 Å². The molecular weight excluding hydrogens is 297 g/mol. The lowest BCUT2D eigenvalue weighted by molar-refractivity contribution is 0.0950. The van der Waals surface area contributed by atoms with Crippen LogP contribution in [-0.4, -0.2) is 20.1 Å². The number of hydrogen-bond donors (Lipinski definition) is 1. The predicted octanol–water partition coefficient (Wildman–Crippen LogP) is 3.22. The zero-order chi connectivity index (χ0) is 16.8. The Morgan fingerprint density at radius 1 is 1.17 bits per heavy atom. The minimum Gasteiger partial charge on any atom is -0.496 e. The highest BCUT2D eigenvalue weighted by molar-refractivity contribution is 5.94. The van der Waals surface area contributed by atoms with Crippen molar-refractivity contribution in [1.29, 1.82) is 0 Å². The van der Waals surface area contributed by atoms with Gasteiger partial charge < -0.3 is 14.8 Å². The summed E-state index contributed by atoms with van der Waals surface area (Å²) in [5.41, 5.74) is 2.64. The Morgan fingerprint density at radius 3 is 2.61 bits per heavy atom. The first-order valence-corrected chi connectivity index (χ1v) is 7.24. The maximum atomic E-state index is 13.5. The summed E-state index contributed by atoms with van der Waals surface area (Å²) < 4.78 is 23.9. The molecule has 0 unspecified atom stereocenters. The third-order valence-electron chi connectivity index (χ3n) is 3.54. The highest BCUT2D eigenvalue weighted by atomic mass is 19.1. The van der Waals surface area contributed by atoms with E-state index in [-0.39, 0.29) is 18.3 Å². The highest BCUT2D eigenvalue weighted by Crippen LogP contribution is 2.21. The van der Waals surface area contributed by atoms with E-state index in [9.17, 15) is 9.18 Å².